The first-order valence-corrected chi connectivity index (χ1v) is 5.44. The molecule has 1 aromatic heterocycles. The van der Waals surface area contributed by atoms with Crippen molar-refractivity contribution in [1.29, 1.82) is 0 Å². The predicted molar refractivity (Wildman–Crippen MR) is 58.9 cm³/mol. The molecular formula is C11H20N2O2. The molecular weight excluding hydrogens is 192 g/mol. The fourth-order valence-corrected chi connectivity index (χ4v) is 1.39. The second-order valence-corrected chi connectivity index (χ2v) is 3.52. The van der Waals surface area contributed by atoms with E-state index >= 15 is 0 Å². The highest BCUT2D eigenvalue weighted by molar-refractivity contribution is 4.94. The average molecular weight is 212 g/mol. The zero-order chi connectivity index (χ0) is 10.9. The number of nitrogens with zero attached hydrogens (tertiary/aromatic N) is 1. The number of hydrogen-bond donors (Lipinski definition) is 1. The van der Waals surface area contributed by atoms with E-state index in [1.807, 2.05) is 13.2 Å². The molecule has 0 aliphatic heterocycles. The van der Waals surface area contributed by atoms with E-state index in [1.54, 1.807) is 7.11 Å². The Morgan fingerprint density at radius 2 is 2.27 bits per heavy atom. The van der Waals surface area contributed by atoms with Crippen molar-refractivity contribution in [2.75, 3.05) is 27.3 Å². The van der Waals surface area contributed by atoms with E-state index in [0.29, 0.717) is 0 Å². The third-order valence-corrected chi connectivity index (χ3v) is 2.19. The van der Waals surface area contributed by atoms with E-state index in [1.165, 1.54) is 0 Å². The molecule has 0 saturated heterocycles. The van der Waals surface area contributed by atoms with Crippen LogP contribution in [0.4, 0.5) is 0 Å². The van der Waals surface area contributed by atoms with Crippen LogP contribution in [0.25, 0.3) is 0 Å². The average Bonchev–Trinajstić information content (AvgIpc) is 2.67. The van der Waals surface area contributed by atoms with Gasteiger partial charge >= 0.3 is 0 Å². The fourth-order valence-electron chi connectivity index (χ4n) is 1.39. The molecule has 15 heavy (non-hydrogen) atoms. The van der Waals surface area contributed by atoms with Crippen LogP contribution in [0.2, 0.25) is 0 Å². The van der Waals surface area contributed by atoms with Crippen molar-refractivity contribution < 1.29 is 9.15 Å². The molecule has 0 radical (unpaired) electrons. The van der Waals surface area contributed by atoms with E-state index in [2.05, 4.69) is 10.3 Å². The lowest BCUT2D eigenvalue weighted by molar-refractivity contribution is 0.193. The smallest absolute Gasteiger partial charge is 0.194 e. The van der Waals surface area contributed by atoms with Crippen LogP contribution in [0.15, 0.2) is 10.6 Å². The Hall–Kier alpha value is -0.870. The SMILES string of the molecule is CNCCCc1ncc(CCCOC)o1. The minimum absolute atomic E-state index is 0.774. The lowest BCUT2D eigenvalue weighted by Gasteiger charge is -1.97. The third kappa shape index (κ3) is 4.95. The van der Waals surface area contributed by atoms with Gasteiger partial charge in [0.2, 0.25) is 0 Å². The first-order chi connectivity index (χ1) is 7.36. The van der Waals surface area contributed by atoms with Gasteiger partial charge in [-0.05, 0) is 26.4 Å². The van der Waals surface area contributed by atoms with E-state index in [9.17, 15) is 0 Å². The van der Waals surface area contributed by atoms with Crippen LogP contribution in [0.3, 0.4) is 0 Å². The van der Waals surface area contributed by atoms with Gasteiger partial charge in [-0.1, -0.05) is 0 Å². The quantitative estimate of drug-likeness (QED) is 0.662. The van der Waals surface area contributed by atoms with Gasteiger partial charge in [0.05, 0.1) is 6.20 Å². The standard InChI is InChI=1S/C11H20N2O2/c1-12-7-3-6-11-13-9-10(15-11)5-4-8-14-2/h9,12H,3-8H2,1-2H3. The first-order valence-electron chi connectivity index (χ1n) is 5.44. The van der Waals surface area contributed by atoms with Crippen LogP contribution in [0.5, 0.6) is 0 Å². The number of rotatable bonds is 8. The molecule has 0 aliphatic carbocycles. The van der Waals surface area contributed by atoms with E-state index in [0.717, 1.165) is 50.5 Å². The molecule has 4 heteroatoms. The normalized spacial score (nSPS) is 10.8. The molecule has 0 aromatic carbocycles. The summed E-state index contributed by atoms with van der Waals surface area (Å²) in [7, 11) is 3.66. The van der Waals surface area contributed by atoms with Gasteiger partial charge < -0.3 is 14.5 Å². The summed E-state index contributed by atoms with van der Waals surface area (Å²) in [6, 6.07) is 0. The fraction of sp³-hybridized carbons (Fsp3) is 0.727. The summed E-state index contributed by atoms with van der Waals surface area (Å²) in [5.74, 6) is 1.81. The van der Waals surface area contributed by atoms with Gasteiger partial charge in [0.25, 0.3) is 0 Å². The van der Waals surface area contributed by atoms with Crippen molar-refractivity contribution in [2.24, 2.45) is 0 Å². The first kappa shape index (κ1) is 12.2. The molecule has 0 saturated carbocycles. The minimum atomic E-state index is 0.774. The molecule has 0 spiro atoms. The summed E-state index contributed by atoms with van der Waals surface area (Å²) in [6.07, 6.45) is 5.69. The molecule has 0 bridgehead atoms. The number of aromatic nitrogens is 1. The van der Waals surface area contributed by atoms with Gasteiger partial charge in [0.15, 0.2) is 5.89 Å². The zero-order valence-corrected chi connectivity index (χ0v) is 9.58. The van der Waals surface area contributed by atoms with Crippen LogP contribution in [-0.4, -0.2) is 32.3 Å². The molecule has 1 aromatic rings. The largest absolute Gasteiger partial charge is 0.446 e. The molecule has 1 rings (SSSR count). The Labute approximate surface area is 91.0 Å². The lowest BCUT2D eigenvalue weighted by atomic mass is 10.3. The summed E-state index contributed by atoms with van der Waals surface area (Å²) >= 11 is 0. The summed E-state index contributed by atoms with van der Waals surface area (Å²) in [5, 5.41) is 3.10. The van der Waals surface area contributed by atoms with Crippen LogP contribution in [-0.2, 0) is 17.6 Å². The molecule has 0 aliphatic rings. The van der Waals surface area contributed by atoms with Crippen molar-refractivity contribution in [3.63, 3.8) is 0 Å². The van der Waals surface area contributed by atoms with Crippen LogP contribution < -0.4 is 5.32 Å². The highest BCUT2D eigenvalue weighted by atomic mass is 16.5. The predicted octanol–water partition coefficient (Wildman–Crippen LogP) is 1.41. The van der Waals surface area contributed by atoms with Gasteiger partial charge in [-0.3, -0.25) is 0 Å². The maximum absolute atomic E-state index is 5.58. The highest BCUT2D eigenvalue weighted by Gasteiger charge is 2.03. The topological polar surface area (TPSA) is 47.3 Å². The number of hydrogen-bond acceptors (Lipinski definition) is 4. The highest BCUT2D eigenvalue weighted by Crippen LogP contribution is 2.08. The second kappa shape index (κ2) is 7.43. The van der Waals surface area contributed by atoms with E-state index in [4.69, 9.17) is 9.15 Å². The number of nitrogens with one attached hydrogen (secondary N) is 1. The van der Waals surface area contributed by atoms with Crippen LogP contribution in [0.1, 0.15) is 24.5 Å². The maximum atomic E-state index is 5.58. The Morgan fingerprint density at radius 3 is 3.00 bits per heavy atom. The summed E-state index contributed by atoms with van der Waals surface area (Å²) in [4.78, 5) is 4.23. The molecule has 0 atom stereocenters. The summed E-state index contributed by atoms with van der Waals surface area (Å²) < 4.78 is 10.6. The molecule has 1 N–H and O–H groups in total. The number of oxazole rings is 1. The Morgan fingerprint density at radius 1 is 1.40 bits per heavy atom. The lowest BCUT2D eigenvalue weighted by Crippen LogP contribution is -2.08. The van der Waals surface area contributed by atoms with Crippen molar-refractivity contribution in [2.45, 2.75) is 25.7 Å². The van der Waals surface area contributed by atoms with Gasteiger partial charge in [-0.25, -0.2) is 4.98 Å². The van der Waals surface area contributed by atoms with Crippen molar-refractivity contribution in [1.82, 2.24) is 10.3 Å². The van der Waals surface area contributed by atoms with Gasteiger partial charge in [0.1, 0.15) is 5.76 Å². The van der Waals surface area contributed by atoms with E-state index < -0.39 is 0 Å². The van der Waals surface area contributed by atoms with Crippen molar-refractivity contribution in [3.05, 3.63) is 17.8 Å². The molecule has 0 unspecified atom stereocenters. The molecule has 86 valence electrons. The van der Waals surface area contributed by atoms with Gasteiger partial charge in [-0.15, -0.1) is 0 Å². The number of methoxy groups -OCH3 is 1. The minimum Gasteiger partial charge on any atom is -0.446 e. The van der Waals surface area contributed by atoms with Crippen LogP contribution in [0, 0.1) is 0 Å². The molecule has 0 amide bonds. The number of ether oxygens (including phenoxy) is 1. The second-order valence-electron chi connectivity index (χ2n) is 3.52. The number of aryl methyl sites for hydroxylation is 2. The zero-order valence-electron chi connectivity index (χ0n) is 9.58. The van der Waals surface area contributed by atoms with Gasteiger partial charge in [-0.2, -0.15) is 0 Å². The van der Waals surface area contributed by atoms with Crippen molar-refractivity contribution in [3.8, 4) is 0 Å². The Balaban J connectivity index is 2.23. The van der Waals surface area contributed by atoms with Gasteiger partial charge in [0, 0.05) is 26.6 Å². The summed E-state index contributed by atoms with van der Waals surface area (Å²) in [5.41, 5.74) is 0. The maximum Gasteiger partial charge on any atom is 0.194 e. The summed E-state index contributed by atoms with van der Waals surface area (Å²) in [6.45, 7) is 1.77. The van der Waals surface area contributed by atoms with Crippen LogP contribution >= 0.6 is 0 Å². The third-order valence-electron chi connectivity index (χ3n) is 2.19. The Kier molecular flexibility index (Phi) is 6.04. The van der Waals surface area contributed by atoms with Crippen molar-refractivity contribution >= 4 is 0 Å². The Bertz CT molecular complexity index is 236. The molecule has 4 nitrogen and oxygen atoms in total. The monoisotopic (exact) mass is 212 g/mol. The van der Waals surface area contributed by atoms with E-state index in [-0.39, 0.29) is 0 Å². The molecule has 1 heterocycles. The molecule has 0 fully saturated rings.